The number of hydrogen-bond acceptors (Lipinski definition) is 6. The number of hydrogen-bond donors (Lipinski definition) is 1. The molecule has 0 radical (unpaired) electrons. The van der Waals surface area contributed by atoms with Crippen molar-refractivity contribution >= 4 is 5.91 Å². The van der Waals surface area contributed by atoms with Crippen LogP contribution in [0.15, 0.2) is 47.0 Å². The van der Waals surface area contributed by atoms with Crippen molar-refractivity contribution < 1.29 is 23.2 Å². The van der Waals surface area contributed by atoms with Crippen LogP contribution in [0.25, 0.3) is 11.4 Å². The number of aromatic nitrogens is 2. The summed E-state index contributed by atoms with van der Waals surface area (Å²) in [6, 6.07) is 10.7. The molecule has 1 atom stereocenters. The van der Waals surface area contributed by atoms with Crippen LogP contribution in [0, 0.1) is 11.7 Å². The lowest BCUT2D eigenvalue weighted by Crippen LogP contribution is -2.33. The minimum Gasteiger partial charge on any atom is -0.493 e. The number of carbonyl (C=O) groups excluding carboxylic acids is 1. The Morgan fingerprint density at radius 3 is 2.43 bits per heavy atom. The molecular formula is C22H24FN3O4. The minimum atomic E-state index is -0.459. The van der Waals surface area contributed by atoms with Crippen LogP contribution in [0.4, 0.5) is 4.39 Å². The van der Waals surface area contributed by atoms with Gasteiger partial charge in [0.05, 0.1) is 20.6 Å². The highest BCUT2D eigenvalue weighted by Crippen LogP contribution is 2.32. The minimum absolute atomic E-state index is 0.0147. The fraction of sp³-hybridized carbons (Fsp3) is 0.318. The number of rotatable bonds is 8. The number of halogens is 1. The Hall–Kier alpha value is -3.42. The van der Waals surface area contributed by atoms with E-state index >= 15 is 0 Å². The van der Waals surface area contributed by atoms with Gasteiger partial charge in [-0.05, 0) is 41.8 Å². The molecule has 0 unspecified atom stereocenters. The molecule has 7 nitrogen and oxygen atoms in total. The maximum absolute atomic E-state index is 13.1. The van der Waals surface area contributed by atoms with Gasteiger partial charge in [-0.1, -0.05) is 31.1 Å². The molecular weight excluding hydrogens is 389 g/mol. The summed E-state index contributed by atoms with van der Waals surface area (Å²) in [5.41, 5.74) is 1.41. The van der Waals surface area contributed by atoms with Crippen molar-refractivity contribution in [1.29, 1.82) is 0 Å². The third kappa shape index (κ3) is 4.94. The van der Waals surface area contributed by atoms with Gasteiger partial charge in [0, 0.05) is 5.56 Å². The largest absolute Gasteiger partial charge is 0.493 e. The van der Waals surface area contributed by atoms with Gasteiger partial charge < -0.3 is 19.3 Å². The normalized spacial score (nSPS) is 11.9. The molecule has 0 saturated heterocycles. The molecule has 0 bridgehead atoms. The molecule has 0 spiro atoms. The Morgan fingerprint density at radius 2 is 1.80 bits per heavy atom. The average Bonchev–Trinajstić information content (AvgIpc) is 3.22. The van der Waals surface area contributed by atoms with Gasteiger partial charge in [-0.3, -0.25) is 4.79 Å². The van der Waals surface area contributed by atoms with Gasteiger partial charge in [-0.2, -0.15) is 4.98 Å². The van der Waals surface area contributed by atoms with Gasteiger partial charge in [-0.15, -0.1) is 0 Å². The van der Waals surface area contributed by atoms with E-state index < -0.39 is 6.04 Å². The summed E-state index contributed by atoms with van der Waals surface area (Å²) in [7, 11) is 3.11. The SMILES string of the molecule is COc1ccc(-c2noc([C@@H](NC(=O)Cc3ccc(F)cc3)C(C)C)n2)cc1OC. The lowest BCUT2D eigenvalue weighted by atomic mass is 10.0. The van der Waals surface area contributed by atoms with Gasteiger partial charge in [0.15, 0.2) is 11.5 Å². The molecule has 1 amide bonds. The molecule has 2 aromatic carbocycles. The Bertz CT molecular complexity index is 1000. The predicted octanol–water partition coefficient (Wildman–Crippen LogP) is 3.95. The molecule has 3 rings (SSSR count). The zero-order valence-corrected chi connectivity index (χ0v) is 17.3. The lowest BCUT2D eigenvalue weighted by Gasteiger charge is -2.18. The van der Waals surface area contributed by atoms with E-state index in [1.807, 2.05) is 13.8 Å². The molecule has 0 aliphatic rings. The monoisotopic (exact) mass is 413 g/mol. The van der Waals surface area contributed by atoms with Crippen molar-refractivity contribution in [3.8, 4) is 22.9 Å². The van der Waals surface area contributed by atoms with E-state index in [-0.39, 0.29) is 24.1 Å². The molecule has 0 aliphatic carbocycles. The fourth-order valence-electron chi connectivity index (χ4n) is 2.98. The van der Waals surface area contributed by atoms with E-state index in [9.17, 15) is 9.18 Å². The molecule has 30 heavy (non-hydrogen) atoms. The second kappa shape index (κ2) is 9.39. The van der Waals surface area contributed by atoms with Crippen LogP contribution >= 0.6 is 0 Å². The van der Waals surface area contributed by atoms with Gasteiger partial charge in [0.2, 0.25) is 17.6 Å². The third-order valence-corrected chi connectivity index (χ3v) is 4.61. The lowest BCUT2D eigenvalue weighted by molar-refractivity contribution is -0.121. The van der Waals surface area contributed by atoms with E-state index in [1.54, 1.807) is 44.6 Å². The molecule has 0 fully saturated rings. The van der Waals surface area contributed by atoms with Crippen molar-refractivity contribution in [2.24, 2.45) is 5.92 Å². The molecule has 1 N–H and O–H groups in total. The first-order chi connectivity index (χ1) is 14.4. The second-order valence-electron chi connectivity index (χ2n) is 7.12. The number of nitrogens with one attached hydrogen (secondary N) is 1. The Labute approximate surface area is 174 Å². The molecule has 3 aromatic rings. The van der Waals surface area contributed by atoms with Crippen molar-refractivity contribution in [1.82, 2.24) is 15.5 Å². The van der Waals surface area contributed by atoms with E-state index in [0.717, 1.165) is 0 Å². The highest BCUT2D eigenvalue weighted by molar-refractivity contribution is 5.79. The van der Waals surface area contributed by atoms with Crippen molar-refractivity contribution in [3.05, 3.63) is 59.7 Å². The maximum atomic E-state index is 13.1. The number of benzene rings is 2. The van der Waals surface area contributed by atoms with Gasteiger partial charge >= 0.3 is 0 Å². The van der Waals surface area contributed by atoms with Crippen LogP contribution in [0.2, 0.25) is 0 Å². The number of ether oxygens (including phenoxy) is 2. The van der Waals surface area contributed by atoms with Crippen LogP contribution in [-0.4, -0.2) is 30.3 Å². The summed E-state index contributed by atoms with van der Waals surface area (Å²) in [6.07, 6.45) is 0.125. The molecule has 0 saturated carbocycles. The highest BCUT2D eigenvalue weighted by atomic mass is 19.1. The van der Waals surface area contributed by atoms with Crippen LogP contribution in [0.5, 0.6) is 11.5 Å². The van der Waals surface area contributed by atoms with Crippen LogP contribution in [0.1, 0.15) is 31.3 Å². The predicted molar refractivity (Wildman–Crippen MR) is 109 cm³/mol. The first-order valence-electron chi connectivity index (χ1n) is 9.51. The fourth-order valence-corrected chi connectivity index (χ4v) is 2.98. The van der Waals surface area contributed by atoms with Gasteiger partial charge in [-0.25, -0.2) is 4.39 Å². The highest BCUT2D eigenvalue weighted by Gasteiger charge is 2.25. The zero-order chi connectivity index (χ0) is 21.7. The quantitative estimate of drug-likeness (QED) is 0.602. The van der Waals surface area contributed by atoms with E-state index in [2.05, 4.69) is 15.5 Å². The van der Waals surface area contributed by atoms with E-state index in [1.165, 1.54) is 12.1 Å². The smallest absolute Gasteiger partial charge is 0.249 e. The summed E-state index contributed by atoms with van der Waals surface area (Å²) in [5, 5.41) is 6.97. The van der Waals surface area contributed by atoms with E-state index in [4.69, 9.17) is 14.0 Å². The Balaban J connectivity index is 1.76. The van der Waals surface area contributed by atoms with Crippen LogP contribution in [-0.2, 0) is 11.2 Å². The van der Waals surface area contributed by atoms with Gasteiger partial charge in [0.25, 0.3) is 0 Å². The molecule has 1 heterocycles. The number of nitrogens with zero attached hydrogens (tertiary/aromatic N) is 2. The van der Waals surface area contributed by atoms with Crippen LogP contribution in [0.3, 0.4) is 0 Å². The summed E-state index contributed by atoms with van der Waals surface area (Å²) in [5.74, 6) is 1.29. The maximum Gasteiger partial charge on any atom is 0.249 e. The third-order valence-electron chi connectivity index (χ3n) is 4.61. The van der Waals surface area contributed by atoms with E-state index in [0.29, 0.717) is 34.3 Å². The molecule has 0 aliphatic heterocycles. The topological polar surface area (TPSA) is 86.5 Å². The summed E-state index contributed by atoms with van der Waals surface area (Å²) in [6.45, 7) is 3.90. The zero-order valence-electron chi connectivity index (χ0n) is 17.3. The molecule has 1 aromatic heterocycles. The Kier molecular flexibility index (Phi) is 6.66. The Morgan fingerprint density at radius 1 is 1.10 bits per heavy atom. The molecule has 8 heteroatoms. The number of amides is 1. The van der Waals surface area contributed by atoms with Crippen molar-refractivity contribution in [2.75, 3.05) is 14.2 Å². The first kappa shape index (κ1) is 21.3. The second-order valence-corrected chi connectivity index (χ2v) is 7.12. The summed E-state index contributed by atoms with van der Waals surface area (Å²) in [4.78, 5) is 17.0. The van der Waals surface area contributed by atoms with Crippen molar-refractivity contribution in [2.45, 2.75) is 26.3 Å². The summed E-state index contributed by atoms with van der Waals surface area (Å²) < 4.78 is 29.1. The standard InChI is InChI=1S/C22H24FN3O4/c1-13(2)20(24-19(27)11-14-5-8-16(23)9-6-14)22-25-21(26-30-22)15-7-10-17(28-3)18(12-15)29-4/h5-10,12-13,20H,11H2,1-4H3,(H,24,27)/t20-/m0/s1. The average molecular weight is 413 g/mol. The van der Waals surface area contributed by atoms with Crippen LogP contribution < -0.4 is 14.8 Å². The first-order valence-corrected chi connectivity index (χ1v) is 9.51. The van der Waals surface area contributed by atoms with Crippen molar-refractivity contribution in [3.63, 3.8) is 0 Å². The van der Waals surface area contributed by atoms with Gasteiger partial charge in [0.1, 0.15) is 11.9 Å². The number of methoxy groups -OCH3 is 2. The summed E-state index contributed by atoms with van der Waals surface area (Å²) >= 11 is 0. The molecule has 158 valence electrons. The number of carbonyl (C=O) groups is 1.